The number of hydrogen-bond donors (Lipinski definition) is 2. The summed E-state index contributed by atoms with van der Waals surface area (Å²) in [6, 6.07) is 0.284. The Kier molecular flexibility index (Phi) is 4.45. The lowest BCUT2D eigenvalue weighted by molar-refractivity contribution is -0.133. The number of hydrogen-bond acceptors (Lipinski definition) is 3. The maximum Gasteiger partial charge on any atom is 0.220 e. The van der Waals surface area contributed by atoms with Crippen LogP contribution in [0, 0.1) is 10.8 Å². The summed E-state index contributed by atoms with van der Waals surface area (Å²) >= 11 is 0. The van der Waals surface area contributed by atoms with E-state index < -0.39 is 0 Å². The van der Waals surface area contributed by atoms with Gasteiger partial charge in [-0.3, -0.25) is 4.79 Å². The molecule has 0 aromatic heterocycles. The Morgan fingerprint density at radius 2 is 1.90 bits per heavy atom. The molecule has 1 saturated carbocycles. The van der Waals surface area contributed by atoms with Crippen LogP contribution >= 0.6 is 0 Å². The first-order valence-corrected chi connectivity index (χ1v) is 7.93. The third kappa shape index (κ3) is 2.86. The van der Waals surface area contributed by atoms with E-state index in [0.29, 0.717) is 6.42 Å². The average molecular weight is 282 g/mol. The zero-order valence-electron chi connectivity index (χ0n) is 13.4. The molecule has 2 rings (SSSR count). The largest absolute Gasteiger partial charge is 0.378 e. The highest BCUT2D eigenvalue weighted by molar-refractivity contribution is 5.76. The molecular weight excluding hydrogens is 252 g/mol. The minimum Gasteiger partial charge on any atom is -0.378 e. The quantitative estimate of drug-likeness (QED) is 0.831. The molecule has 2 fully saturated rings. The van der Waals surface area contributed by atoms with Crippen LogP contribution in [0.3, 0.4) is 0 Å². The van der Waals surface area contributed by atoms with Crippen molar-refractivity contribution in [2.75, 3.05) is 6.61 Å². The molecule has 2 aliphatic rings. The third-order valence-electron chi connectivity index (χ3n) is 5.36. The minimum atomic E-state index is -0.0273. The van der Waals surface area contributed by atoms with Gasteiger partial charge in [-0.15, -0.1) is 0 Å². The van der Waals surface area contributed by atoms with Crippen LogP contribution in [0.5, 0.6) is 0 Å². The van der Waals surface area contributed by atoms with E-state index in [-0.39, 0.29) is 34.9 Å². The van der Waals surface area contributed by atoms with Crippen LogP contribution in [0.4, 0.5) is 0 Å². The Bertz CT molecular complexity index is 343. The Hall–Kier alpha value is -0.610. The van der Waals surface area contributed by atoms with Gasteiger partial charge in [0.05, 0.1) is 6.10 Å². The first-order chi connectivity index (χ1) is 9.26. The van der Waals surface area contributed by atoms with Gasteiger partial charge in [0, 0.05) is 35.9 Å². The lowest BCUT2D eigenvalue weighted by atomic mass is 9.48. The van der Waals surface area contributed by atoms with E-state index in [1.54, 1.807) is 0 Å². The Balaban J connectivity index is 1.79. The van der Waals surface area contributed by atoms with Crippen LogP contribution in [0.2, 0.25) is 0 Å². The van der Waals surface area contributed by atoms with Crippen molar-refractivity contribution in [3.8, 4) is 0 Å². The zero-order chi connectivity index (χ0) is 15.0. The standard InChI is InChI=1S/C16H30N2O2/c1-15(2)13(17)16(3,4)14(15)18-12(19)9-8-11-7-5-6-10-20-11/h11,13-14H,5-10,17H2,1-4H3,(H,18,19). The predicted molar refractivity (Wildman–Crippen MR) is 80.3 cm³/mol. The van der Waals surface area contributed by atoms with Crippen molar-refractivity contribution in [1.82, 2.24) is 5.32 Å². The molecule has 3 N–H and O–H groups in total. The second-order valence-electron chi connectivity index (χ2n) is 7.65. The van der Waals surface area contributed by atoms with E-state index in [1.807, 2.05) is 0 Å². The molecule has 1 aliphatic carbocycles. The summed E-state index contributed by atoms with van der Waals surface area (Å²) in [6.45, 7) is 9.40. The third-order valence-corrected chi connectivity index (χ3v) is 5.36. The molecule has 1 aliphatic heterocycles. The first kappa shape index (κ1) is 15.8. The van der Waals surface area contributed by atoms with Crippen molar-refractivity contribution in [3.63, 3.8) is 0 Å². The van der Waals surface area contributed by atoms with Crippen LogP contribution in [0.25, 0.3) is 0 Å². The molecule has 0 radical (unpaired) electrons. The van der Waals surface area contributed by atoms with Gasteiger partial charge in [-0.25, -0.2) is 0 Å². The highest BCUT2D eigenvalue weighted by Gasteiger charge is 2.60. The van der Waals surface area contributed by atoms with Crippen molar-refractivity contribution in [1.29, 1.82) is 0 Å². The maximum atomic E-state index is 12.2. The summed E-state index contributed by atoms with van der Waals surface area (Å²) in [5.74, 6) is 0.136. The highest BCUT2D eigenvalue weighted by atomic mass is 16.5. The fourth-order valence-corrected chi connectivity index (χ4v) is 4.11. The lowest BCUT2D eigenvalue weighted by Crippen LogP contribution is -2.76. The molecule has 1 saturated heterocycles. The van der Waals surface area contributed by atoms with E-state index in [0.717, 1.165) is 25.9 Å². The number of amides is 1. The monoisotopic (exact) mass is 282 g/mol. The molecule has 1 atom stereocenters. The van der Waals surface area contributed by atoms with Gasteiger partial charge in [-0.2, -0.15) is 0 Å². The number of carbonyl (C=O) groups is 1. The van der Waals surface area contributed by atoms with Crippen LogP contribution < -0.4 is 11.1 Å². The lowest BCUT2D eigenvalue weighted by Gasteiger charge is -2.62. The Morgan fingerprint density at radius 3 is 2.45 bits per heavy atom. The predicted octanol–water partition coefficient (Wildman–Crippen LogP) is 2.21. The normalized spacial score (nSPS) is 35.1. The molecule has 1 unspecified atom stereocenters. The zero-order valence-corrected chi connectivity index (χ0v) is 13.4. The van der Waals surface area contributed by atoms with Crippen molar-refractivity contribution in [2.24, 2.45) is 16.6 Å². The Morgan fingerprint density at radius 1 is 1.25 bits per heavy atom. The number of ether oxygens (including phenoxy) is 1. The number of carbonyl (C=O) groups excluding carboxylic acids is 1. The fourth-order valence-electron chi connectivity index (χ4n) is 4.11. The summed E-state index contributed by atoms with van der Waals surface area (Å²) in [5.41, 5.74) is 6.17. The van der Waals surface area contributed by atoms with E-state index in [4.69, 9.17) is 10.5 Å². The average Bonchev–Trinajstić information content (AvgIpc) is 2.42. The molecule has 4 nitrogen and oxygen atoms in total. The summed E-state index contributed by atoms with van der Waals surface area (Å²) < 4.78 is 5.67. The Labute approximate surface area is 122 Å². The summed E-state index contributed by atoms with van der Waals surface area (Å²) in [5, 5.41) is 3.19. The summed E-state index contributed by atoms with van der Waals surface area (Å²) in [7, 11) is 0. The molecule has 0 bridgehead atoms. The van der Waals surface area contributed by atoms with Crippen LogP contribution in [0.15, 0.2) is 0 Å². The van der Waals surface area contributed by atoms with E-state index in [1.165, 1.54) is 6.42 Å². The molecule has 0 spiro atoms. The highest BCUT2D eigenvalue weighted by Crippen LogP contribution is 2.52. The molecule has 4 heteroatoms. The van der Waals surface area contributed by atoms with Gasteiger partial charge in [0.25, 0.3) is 0 Å². The SMILES string of the molecule is CC1(C)C(N)C(C)(C)C1NC(=O)CCC1CCCCO1. The molecule has 20 heavy (non-hydrogen) atoms. The van der Waals surface area contributed by atoms with Crippen LogP contribution in [-0.2, 0) is 9.53 Å². The van der Waals surface area contributed by atoms with Gasteiger partial charge in [-0.05, 0) is 25.7 Å². The van der Waals surface area contributed by atoms with Crippen LogP contribution in [0.1, 0.15) is 59.8 Å². The van der Waals surface area contributed by atoms with E-state index >= 15 is 0 Å². The van der Waals surface area contributed by atoms with Gasteiger partial charge in [0.2, 0.25) is 5.91 Å². The number of rotatable bonds is 4. The van der Waals surface area contributed by atoms with Gasteiger partial charge >= 0.3 is 0 Å². The second-order valence-corrected chi connectivity index (χ2v) is 7.65. The van der Waals surface area contributed by atoms with Gasteiger partial charge in [0.1, 0.15) is 0 Å². The smallest absolute Gasteiger partial charge is 0.220 e. The van der Waals surface area contributed by atoms with Crippen molar-refractivity contribution in [2.45, 2.75) is 78.0 Å². The van der Waals surface area contributed by atoms with Crippen molar-refractivity contribution < 1.29 is 9.53 Å². The molecule has 0 aromatic rings. The van der Waals surface area contributed by atoms with Crippen LogP contribution in [-0.4, -0.2) is 30.7 Å². The van der Waals surface area contributed by atoms with Gasteiger partial charge in [-0.1, -0.05) is 27.7 Å². The number of nitrogens with two attached hydrogens (primary N) is 1. The van der Waals surface area contributed by atoms with E-state index in [2.05, 4.69) is 33.0 Å². The van der Waals surface area contributed by atoms with E-state index in [9.17, 15) is 4.79 Å². The molecular formula is C16H30N2O2. The van der Waals surface area contributed by atoms with Crippen molar-refractivity contribution >= 4 is 5.91 Å². The van der Waals surface area contributed by atoms with Gasteiger partial charge < -0.3 is 15.8 Å². The maximum absolute atomic E-state index is 12.2. The summed E-state index contributed by atoms with van der Waals surface area (Å²) in [6.07, 6.45) is 5.15. The molecule has 0 aromatic carbocycles. The molecule has 1 amide bonds. The number of nitrogens with one attached hydrogen (secondary N) is 1. The molecule has 116 valence electrons. The van der Waals surface area contributed by atoms with Gasteiger partial charge in [0.15, 0.2) is 0 Å². The second kappa shape index (κ2) is 5.64. The summed E-state index contributed by atoms with van der Waals surface area (Å²) in [4.78, 5) is 12.2. The first-order valence-electron chi connectivity index (χ1n) is 7.93. The molecule has 1 heterocycles. The fraction of sp³-hybridized carbons (Fsp3) is 0.938. The minimum absolute atomic E-state index is 0.0273. The topological polar surface area (TPSA) is 64.3 Å². The van der Waals surface area contributed by atoms with Crippen molar-refractivity contribution in [3.05, 3.63) is 0 Å².